The molecule has 3 aromatic rings. The molecule has 0 saturated heterocycles. The van der Waals surface area contributed by atoms with Crippen LogP contribution in [0.2, 0.25) is 0 Å². The predicted octanol–water partition coefficient (Wildman–Crippen LogP) is 4.71. The first-order valence-electron chi connectivity index (χ1n) is 10.5. The van der Waals surface area contributed by atoms with Gasteiger partial charge in [-0.15, -0.1) is 0 Å². The highest BCUT2D eigenvalue weighted by Crippen LogP contribution is 2.24. The summed E-state index contributed by atoms with van der Waals surface area (Å²) in [7, 11) is 0. The number of carboxylic acid groups (broad SMARTS) is 1. The van der Waals surface area contributed by atoms with Crippen molar-refractivity contribution in [3.8, 4) is 11.5 Å². The average molecular weight is 420 g/mol. The standard InChI is InChI=1S/C26H29NO4/c1-26(25(28)29,31-24-11-6-3-7-12-24)19-21-13-15-23(16-14-21)30-18-8-17-27-20-22-9-4-2-5-10-22/h2-7,9-16,27H,8,17-20H2,1H3,(H,28,29). The fourth-order valence-electron chi connectivity index (χ4n) is 3.21. The van der Waals surface area contributed by atoms with Gasteiger partial charge in [-0.05, 0) is 55.3 Å². The van der Waals surface area contributed by atoms with E-state index < -0.39 is 11.6 Å². The minimum Gasteiger partial charge on any atom is -0.494 e. The summed E-state index contributed by atoms with van der Waals surface area (Å²) in [4.78, 5) is 11.9. The highest BCUT2D eigenvalue weighted by molar-refractivity contribution is 5.78. The molecule has 0 bridgehead atoms. The van der Waals surface area contributed by atoms with Crippen LogP contribution in [-0.2, 0) is 17.8 Å². The van der Waals surface area contributed by atoms with Gasteiger partial charge >= 0.3 is 5.97 Å². The van der Waals surface area contributed by atoms with Crippen molar-refractivity contribution < 1.29 is 19.4 Å². The maximum absolute atomic E-state index is 11.9. The molecule has 5 heteroatoms. The van der Waals surface area contributed by atoms with Gasteiger partial charge in [0, 0.05) is 13.0 Å². The van der Waals surface area contributed by atoms with E-state index in [1.165, 1.54) is 5.56 Å². The fourth-order valence-corrected chi connectivity index (χ4v) is 3.21. The van der Waals surface area contributed by atoms with Gasteiger partial charge in [0.15, 0.2) is 0 Å². The molecule has 0 aliphatic heterocycles. The van der Waals surface area contributed by atoms with Crippen molar-refractivity contribution in [1.29, 1.82) is 0 Å². The van der Waals surface area contributed by atoms with E-state index in [1.807, 2.05) is 60.7 Å². The van der Waals surface area contributed by atoms with Gasteiger partial charge in [0.05, 0.1) is 6.61 Å². The van der Waals surface area contributed by atoms with Crippen LogP contribution < -0.4 is 14.8 Å². The van der Waals surface area contributed by atoms with E-state index in [9.17, 15) is 9.90 Å². The lowest BCUT2D eigenvalue weighted by Crippen LogP contribution is -2.43. The van der Waals surface area contributed by atoms with Crippen LogP contribution in [0, 0.1) is 0 Å². The number of rotatable bonds is 12. The Kier molecular flexibility index (Phi) is 8.07. The lowest BCUT2D eigenvalue weighted by Gasteiger charge is -2.26. The van der Waals surface area contributed by atoms with Gasteiger partial charge < -0.3 is 19.9 Å². The number of carbonyl (C=O) groups is 1. The van der Waals surface area contributed by atoms with E-state index in [1.54, 1.807) is 19.1 Å². The number of hydrogen-bond donors (Lipinski definition) is 2. The minimum absolute atomic E-state index is 0.251. The molecule has 0 aliphatic rings. The van der Waals surface area contributed by atoms with Gasteiger partial charge in [0.1, 0.15) is 11.5 Å². The molecular formula is C26H29NO4. The SMILES string of the molecule is CC(Cc1ccc(OCCCNCc2ccccc2)cc1)(Oc1ccccc1)C(=O)O. The van der Waals surface area contributed by atoms with Crippen molar-refractivity contribution >= 4 is 5.97 Å². The monoisotopic (exact) mass is 419 g/mol. The first kappa shape index (κ1) is 22.4. The molecule has 2 N–H and O–H groups in total. The summed E-state index contributed by atoms with van der Waals surface area (Å²) in [6.45, 7) is 3.93. The van der Waals surface area contributed by atoms with Gasteiger partial charge in [-0.25, -0.2) is 4.79 Å². The normalized spacial score (nSPS) is 12.7. The Balaban J connectivity index is 1.43. The minimum atomic E-state index is -1.35. The van der Waals surface area contributed by atoms with E-state index in [0.717, 1.165) is 30.8 Å². The zero-order valence-corrected chi connectivity index (χ0v) is 17.8. The molecule has 1 unspecified atom stereocenters. The number of hydrogen-bond acceptors (Lipinski definition) is 4. The Labute approximate surface area is 183 Å². The van der Waals surface area contributed by atoms with Gasteiger partial charge in [0.25, 0.3) is 0 Å². The Morgan fingerprint density at radius 1 is 0.871 bits per heavy atom. The molecule has 5 nitrogen and oxygen atoms in total. The highest BCUT2D eigenvalue weighted by Gasteiger charge is 2.36. The Hall–Kier alpha value is -3.31. The number of ether oxygens (including phenoxy) is 2. The number of benzene rings is 3. The fraction of sp³-hybridized carbons (Fsp3) is 0.269. The van der Waals surface area contributed by atoms with E-state index in [4.69, 9.17) is 9.47 Å². The molecule has 0 amide bonds. The van der Waals surface area contributed by atoms with Gasteiger partial charge in [-0.1, -0.05) is 60.7 Å². The summed E-state index contributed by atoms with van der Waals surface area (Å²) >= 11 is 0. The Bertz CT molecular complexity index is 929. The Morgan fingerprint density at radius 3 is 2.16 bits per heavy atom. The van der Waals surface area contributed by atoms with Crippen molar-refractivity contribution in [3.05, 3.63) is 96.1 Å². The topological polar surface area (TPSA) is 67.8 Å². The smallest absolute Gasteiger partial charge is 0.348 e. The lowest BCUT2D eigenvalue weighted by molar-refractivity contribution is -0.153. The summed E-state index contributed by atoms with van der Waals surface area (Å²) in [6, 6.07) is 26.8. The molecule has 162 valence electrons. The molecule has 1 atom stereocenters. The molecule has 0 aromatic heterocycles. The third-order valence-electron chi connectivity index (χ3n) is 4.94. The van der Waals surface area contributed by atoms with E-state index in [0.29, 0.717) is 12.4 Å². The third kappa shape index (κ3) is 7.15. The summed E-state index contributed by atoms with van der Waals surface area (Å²) in [6.07, 6.45) is 1.15. The second-order valence-electron chi connectivity index (χ2n) is 7.64. The molecular weight excluding hydrogens is 390 g/mol. The number of carboxylic acids is 1. The van der Waals surface area contributed by atoms with Crippen LogP contribution in [-0.4, -0.2) is 29.8 Å². The third-order valence-corrected chi connectivity index (χ3v) is 4.94. The maximum atomic E-state index is 11.9. The summed E-state index contributed by atoms with van der Waals surface area (Å²) < 4.78 is 11.6. The van der Waals surface area contributed by atoms with Crippen molar-refractivity contribution in [2.45, 2.75) is 31.9 Å². The van der Waals surface area contributed by atoms with E-state index in [2.05, 4.69) is 17.4 Å². The van der Waals surface area contributed by atoms with Gasteiger partial charge in [0.2, 0.25) is 5.60 Å². The van der Waals surface area contributed by atoms with Gasteiger partial charge in [-0.3, -0.25) is 0 Å². The summed E-state index contributed by atoms with van der Waals surface area (Å²) in [5, 5.41) is 13.1. The largest absolute Gasteiger partial charge is 0.494 e. The van der Waals surface area contributed by atoms with Crippen molar-refractivity contribution in [3.63, 3.8) is 0 Å². The van der Waals surface area contributed by atoms with Crippen LogP contribution >= 0.6 is 0 Å². The summed E-state index contributed by atoms with van der Waals surface area (Å²) in [5.41, 5.74) is 0.787. The van der Waals surface area contributed by atoms with Crippen LogP contribution in [0.25, 0.3) is 0 Å². The molecule has 3 aromatic carbocycles. The first-order chi connectivity index (χ1) is 15.0. The Morgan fingerprint density at radius 2 is 1.52 bits per heavy atom. The molecule has 0 saturated carbocycles. The van der Waals surface area contributed by atoms with Crippen LogP contribution in [0.1, 0.15) is 24.5 Å². The van der Waals surface area contributed by atoms with Crippen LogP contribution in [0.4, 0.5) is 0 Å². The van der Waals surface area contributed by atoms with Crippen LogP contribution in [0.3, 0.4) is 0 Å². The second kappa shape index (κ2) is 11.2. The maximum Gasteiger partial charge on any atom is 0.348 e. The molecule has 0 fully saturated rings. The average Bonchev–Trinajstić information content (AvgIpc) is 2.78. The molecule has 0 radical (unpaired) electrons. The molecule has 0 spiro atoms. The molecule has 3 rings (SSSR count). The number of para-hydroxylation sites is 1. The number of aliphatic carboxylic acids is 1. The second-order valence-corrected chi connectivity index (χ2v) is 7.64. The quantitative estimate of drug-likeness (QED) is 0.416. The molecule has 0 heterocycles. The number of nitrogens with one attached hydrogen (secondary N) is 1. The molecule has 0 aliphatic carbocycles. The zero-order valence-electron chi connectivity index (χ0n) is 17.8. The van der Waals surface area contributed by atoms with E-state index in [-0.39, 0.29) is 6.42 Å². The van der Waals surface area contributed by atoms with E-state index >= 15 is 0 Å². The zero-order chi connectivity index (χ0) is 21.9. The first-order valence-corrected chi connectivity index (χ1v) is 10.5. The highest BCUT2D eigenvalue weighted by atomic mass is 16.5. The van der Waals surface area contributed by atoms with Crippen molar-refractivity contribution in [1.82, 2.24) is 5.32 Å². The van der Waals surface area contributed by atoms with Crippen molar-refractivity contribution in [2.24, 2.45) is 0 Å². The van der Waals surface area contributed by atoms with Gasteiger partial charge in [-0.2, -0.15) is 0 Å². The van der Waals surface area contributed by atoms with Crippen LogP contribution in [0.15, 0.2) is 84.9 Å². The molecule has 31 heavy (non-hydrogen) atoms. The van der Waals surface area contributed by atoms with Crippen molar-refractivity contribution in [2.75, 3.05) is 13.2 Å². The summed E-state index contributed by atoms with van der Waals surface area (Å²) in [5.74, 6) is 0.306. The van der Waals surface area contributed by atoms with Crippen LogP contribution in [0.5, 0.6) is 11.5 Å². The predicted molar refractivity (Wildman–Crippen MR) is 122 cm³/mol. The lowest BCUT2D eigenvalue weighted by atomic mass is 9.96.